The van der Waals surface area contributed by atoms with E-state index in [0.29, 0.717) is 16.3 Å². The number of amides is 1. The van der Waals surface area contributed by atoms with Gasteiger partial charge in [0.2, 0.25) is 0 Å². The molecule has 0 saturated heterocycles. The van der Waals surface area contributed by atoms with Gasteiger partial charge in [-0.2, -0.15) is 0 Å². The van der Waals surface area contributed by atoms with Crippen molar-refractivity contribution in [2.75, 3.05) is 4.72 Å². The molecule has 0 radical (unpaired) electrons. The van der Waals surface area contributed by atoms with Gasteiger partial charge in [0.1, 0.15) is 0 Å². The summed E-state index contributed by atoms with van der Waals surface area (Å²) in [6, 6.07) is 19.9. The number of anilines is 1. The number of hydrogen-bond donors (Lipinski definition) is 2. The summed E-state index contributed by atoms with van der Waals surface area (Å²) >= 11 is 6.17. The molecule has 1 amide bonds. The zero-order chi connectivity index (χ0) is 21.0. The van der Waals surface area contributed by atoms with E-state index < -0.39 is 10.0 Å². The van der Waals surface area contributed by atoms with Gasteiger partial charge in [0.25, 0.3) is 15.9 Å². The van der Waals surface area contributed by atoms with Crippen molar-refractivity contribution in [1.82, 2.24) is 5.32 Å². The van der Waals surface area contributed by atoms with E-state index in [1.54, 1.807) is 18.2 Å². The maximum Gasteiger partial charge on any atom is 0.261 e. The summed E-state index contributed by atoms with van der Waals surface area (Å²) in [5.41, 5.74) is 2.51. The van der Waals surface area contributed by atoms with E-state index in [2.05, 4.69) is 10.0 Å². The van der Waals surface area contributed by atoms with Crippen LogP contribution in [0.5, 0.6) is 0 Å². The lowest BCUT2D eigenvalue weighted by molar-refractivity contribution is 0.0940. The number of halogens is 1. The molecule has 0 aliphatic heterocycles. The quantitative estimate of drug-likeness (QED) is 0.583. The Morgan fingerprint density at radius 3 is 2.21 bits per heavy atom. The molecule has 3 aromatic carbocycles. The van der Waals surface area contributed by atoms with Crippen molar-refractivity contribution in [1.29, 1.82) is 0 Å². The molecule has 0 fully saturated rings. The summed E-state index contributed by atoms with van der Waals surface area (Å²) in [5, 5.41) is 3.44. The fourth-order valence-corrected chi connectivity index (χ4v) is 4.29. The van der Waals surface area contributed by atoms with Gasteiger partial charge in [-0.25, -0.2) is 8.42 Å². The number of carbonyl (C=O) groups excluding carboxylic acids is 1. The highest BCUT2D eigenvalue weighted by atomic mass is 35.5. The maximum atomic E-state index is 12.6. The summed E-state index contributed by atoms with van der Waals surface area (Å²) in [6.45, 7) is 3.66. The minimum atomic E-state index is -3.75. The van der Waals surface area contributed by atoms with Crippen molar-refractivity contribution < 1.29 is 13.2 Å². The van der Waals surface area contributed by atoms with Crippen LogP contribution in [0.1, 0.15) is 34.5 Å². The number of para-hydroxylation sites is 1. The van der Waals surface area contributed by atoms with E-state index in [1.165, 1.54) is 24.3 Å². The van der Waals surface area contributed by atoms with Crippen molar-refractivity contribution >= 4 is 33.2 Å². The molecule has 2 N–H and O–H groups in total. The van der Waals surface area contributed by atoms with Gasteiger partial charge in [0.15, 0.2) is 0 Å². The molecule has 0 saturated carbocycles. The molecule has 29 heavy (non-hydrogen) atoms. The van der Waals surface area contributed by atoms with Crippen molar-refractivity contribution in [2.45, 2.75) is 24.8 Å². The highest BCUT2D eigenvalue weighted by Crippen LogP contribution is 2.23. The Kier molecular flexibility index (Phi) is 6.25. The van der Waals surface area contributed by atoms with Gasteiger partial charge in [-0.3, -0.25) is 9.52 Å². The Morgan fingerprint density at radius 1 is 0.931 bits per heavy atom. The first kappa shape index (κ1) is 20.9. The highest BCUT2D eigenvalue weighted by Gasteiger charge is 2.17. The topological polar surface area (TPSA) is 75.3 Å². The molecule has 0 aliphatic carbocycles. The van der Waals surface area contributed by atoms with E-state index in [4.69, 9.17) is 11.6 Å². The number of nitrogens with one attached hydrogen (secondary N) is 2. The second kappa shape index (κ2) is 8.68. The van der Waals surface area contributed by atoms with Crippen LogP contribution in [0.3, 0.4) is 0 Å². The lowest BCUT2D eigenvalue weighted by atomic mass is 10.1. The first-order chi connectivity index (χ1) is 13.8. The van der Waals surface area contributed by atoms with Crippen molar-refractivity contribution in [3.8, 4) is 0 Å². The highest BCUT2D eigenvalue weighted by molar-refractivity contribution is 7.92. The summed E-state index contributed by atoms with van der Waals surface area (Å²) in [4.78, 5) is 12.6. The molecule has 3 rings (SSSR count). The Morgan fingerprint density at radius 2 is 1.55 bits per heavy atom. The van der Waals surface area contributed by atoms with Crippen LogP contribution < -0.4 is 10.0 Å². The van der Waals surface area contributed by atoms with Crippen LogP contribution in [0.2, 0.25) is 5.02 Å². The number of rotatable bonds is 6. The third kappa shape index (κ3) is 4.96. The second-order valence-corrected chi connectivity index (χ2v) is 8.75. The summed E-state index contributed by atoms with van der Waals surface area (Å²) in [7, 11) is -3.75. The van der Waals surface area contributed by atoms with Crippen LogP contribution in [0.15, 0.2) is 77.7 Å². The summed E-state index contributed by atoms with van der Waals surface area (Å²) in [5.74, 6) is -0.312. The molecule has 0 aliphatic rings. The Bertz CT molecular complexity index is 1130. The Balaban J connectivity index is 1.73. The molecule has 5 nitrogen and oxygen atoms in total. The molecule has 0 spiro atoms. The Hall–Kier alpha value is -2.83. The molecule has 7 heteroatoms. The number of sulfonamides is 1. The van der Waals surface area contributed by atoms with E-state index in [9.17, 15) is 13.2 Å². The lowest BCUT2D eigenvalue weighted by Crippen LogP contribution is -2.26. The molecule has 0 heterocycles. The van der Waals surface area contributed by atoms with Crippen molar-refractivity contribution in [2.24, 2.45) is 0 Å². The van der Waals surface area contributed by atoms with E-state index >= 15 is 0 Å². The maximum absolute atomic E-state index is 12.6. The van der Waals surface area contributed by atoms with Crippen LogP contribution in [0.4, 0.5) is 5.69 Å². The monoisotopic (exact) mass is 428 g/mol. The number of hydrogen-bond acceptors (Lipinski definition) is 3. The average molecular weight is 429 g/mol. The van der Waals surface area contributed by atoms with Crippen LogP contribution >= 0.6 is 11.6 Å². The standard InChI is InChI=1S/C22H21ClN2O3S/c1-15-7-3-6-10-21(15)25-29(27,28)18-13-11-17(12-14-18)22(26)24-16(2)19-8-4-5-9-20(19)23/h3-14,16,25H,1-2H3,(H,24,26). The normalized spacial score (nSPS) is 12.2. The Labute approximate surface area is 175 Å². The molecule has 3 aromatic rings. The summed E-state index contributed by atoms with van der Waals surface area (Å²) < 4.78 is 27.8. The molecular weight excluding hydrogens is 408 g/mol. The van der Waals surface area contributed by atoms with Gasteiger partial charge >= 0.3 is 0 Å². The van der Waals surface area contributed by atoms with Crippen LogP contribution in [0, 0.1) is 6.92 Å². The fraction of sp³-hybridized carbons (Fsp3) is 0.136. The molecule has 0 bridgehead atoms. The average Bonchev–Trinajstić information content (AvgIpc) is 2.70. The molecular formula is C22H21ClN2O3S. The van der Waals surface area contributed by atoms with Crippen molar-refractivity contribution in [3.05, 3.63) is 94.5 Å². The fourth-order valence-electron chi connectivity index (χ4n) is 2.86. The van der Waals surface area contributed by atoms with Gasteiger partial charge < -0.3 is 5.32 Å². The predicted octanol–water partition coefficient (Wildman–Crippen LogP) is 4.94. The molecule has 1 unspecified atom stereocenters. The van der Waals surface area contributed by atoms with E-state index in [-0.39, 0.29) is 16.8 Å². The second-order valence-electron chi connectivity index (χ2n) is 6.66. The number of carbonyl (C=O) groups is 1. The first-order valence-electron chi connectivity index (χ1n) is 9.02. The molecule has 1 atom stereocenters. The first-order valence-corrected chi connectivity index (χ1v) is 10.9. The van der Waals surface area contributed by atoms with Gasteiger partial charge in [-0.1, -0.05) is 48.0 Å². The largest absolute Gasteiger partial charge is 0.345 e. The third-order valence-corrected chi connectivity index (χ3v) is 6.26. The third-order valence-electron chi connectivity index (χ3n) is 4.54. The summed E-state index contributed by atoms with van der Waals surface area (Å²) in [6.07, 6.45) is 0. The predicted molar refractivity (Wildman–Crippen MR) is 116 cm³/mol. The van der Waals surface area contributed by atoms with Gasteiger partial charge in [0.05, 0.1) is 16.6 Å². The van der Waals surface area contributed by atoms with Gasteiger partial charge in [-0.15, -0.1) is 0 Å². The van der Waals surface area contributed by atoms with Crippen LogP contribution in [-0.2, 0) is 10.0 Å². The van der Waals surface area contributed by atoms with Gasteiger partial charge in [-0.05, 0) is 61.4 Å². The number of benzene rings is 3. The van der Waals surface area contributed by atoms with E-state index in [1.807, 2.05) is 44.2 Å². The van der Waals surface area contributed by atoms with Gasteiger partial charge in [0, 0.05) is 10.6 Å². The minimum absolute atomic E-state index is 0.0801. The zero-order valence-electron chi connectivity index (χ0n) is 16.0. The van der Waals surface area contributed by atoms with Crippen molar-refractivity contribution in [3.63, 3.8) is 0 Å². The number of aryl methyl sites for hydroxylation is 1. The van der Waals surface area contributed by atoms with Crippen LogP contribution in [-0.4, -0.2) is 14.3 Å². The smallest absolute Gasteiger partial charge is 0.261 e. The minimum Gasteiger partial charge on any atom is -0.345 e. The lowest BCUT2D eigenvalue weighted by Gasteiger charge is -2.16. The van der Waals surface area contributed by atoms with E-state index in [0.717, 1.165) is 11.1 Å². The SMILES string of the molecule is Cc1ccccc1NS(=O)(=O)c1ccc(C(=O)NC(C)c2ccccc2Cl)cc1. The molecule has 150 valence electrons. The van der Waals surface area contributed by atoms with Crippen LogP contribution in [0.25, 0.3) is 0 Å². The zero-order valence-corrected chi connectivity index (χ0v) is 17.6. The molecule has 0 aromatic heterocycles.